The Balaban J connectivity index is 1.56. The van der Waals surface area contributed by atoms with Crippen molar-refractivity contribution in [2.45, 2.75) is 23.3 Å². The molecule has 2 heterocycles. The van der Waals surface area contributed by atoms with Crippen molar-refractivity contribution in [1.82, 2.24) is 9.80 Å². The first-order chi connectivity index (χ1) is 17.0. The average molecular weight is 492 g/mol. The second-order valence-corrected chi connectivity index (χ2v) is 10.1. The maximum atomic E-state index is 13.7. The van der Waals surface area contributed by atoms with Gasteiger partial charge in [-0.2, -0.15) is 0 Å². The van der Waals surface area contributed by atoms with E-state index < -0.39 is 10.8 Å². The Morgan fingerprint density at radius 2 is 1.66 bits per heavy atom. The molecule has 0 bridgehead atoms. The summed E-state index contributed by atoms with van der Waals surface area (Å²) in [6.45, 7) is 6.13. The second-order valence-electron chi connectivity index (χ2n) is 8.69. The number of carbonyl (C=O) groups is 2. The molecule has 0 aromatic heterocycles. The van der Waals surface area contributed by atoms with Crippen LogP contribution in [0.2, 0.25) is 0 Å². The van der Waals surface area contributed by atoms with Crippen LogP contribution in [0.25, 0.3) is 0 Å². The van der Waals surface area contributed by atoms with Crippen molar-refractivity contribution in [3.63, 3.8) is 0 Å². The zero-order chi connectivity index (χ0) is 24.5. The number of piperazine rings is 1. The van der Waals surface area contributed by atoms with Crippen LogP contribution in [0.3, 0.4) is 0 Å². The number of benzene rings is 3. The second kappa shape index (κ2) is 9.71. The highest BCUT2D eigenvalue weighted by Crippen LogP contribution is 2.36. The van der Waals surface area contributed by atoms with E-state index in [2.05, 4.69) is 11.8 Å². The lowest BCUT2D eigenvalue weighted by atomic mass is 10.1. The molecule has 5 rings (SSSR count). The summed E-state index contributed by atoms with van der Waals surface area (Å²) < 4.78 is 27.0. The summed E-state index contributed by atoms with van der Waals surface area (Å²) in [5.41, 5.74) is 1.97. The van der Waals surface area contributed by atoms with Crippen molar-refractivity contribution in [2.75, 3.05) is 37.6 Å². The van der Waals surface area contributed by atoms with E-state index in [-0.39, 0.29) is 24.2 Å². The maximum Gasteiger partial charge on any atom is 0.259 e. The summed E-state index contributed by atoms with van der Waals surface area (Å²) in [6.07, 6.45) is 0. The molecule has 180 valence electrons. The van der Waals surface area contributed by atoms with Crippen LogP contribution in [0, 0.1) is 5.82 Å². The van der Waals surface area contributed by atoms with E-state index in [0.717, 1.165) is 25.2 Å². The first-order valence-corrected chi connectivity index (χ1v) is 12.8. The van der Waals surface area contributed by atoms with Gasteiger partial charge in [-0.25, -0.2) is 8.60 Å². The lowest BCUT2D eigenvalue weighted by Gasteiger charge is -2.34. The first kappa shape index (κ1) is 23.4. The molecule has 0 saturated carbocycles. The predicted octanol–water partition coefficient (Wildman–Crippen LogP) is 3.93. The van der Waals surface area contributed by atoms with E-state index in [9.17, 15) is 18.2 Å². The molecule has 3 aromatic carbocycles. The summed E-state index contributed by atoms with van der Waals surface area (Å²) in [5, 5.41) is 0. The molecule has 0 aliphatic carbocycles. The summed E-state index contributed by atoms with van der Waals surface area (Å²) >= 11 is 0. The van der Waals surface area contributed by atoms with Crippen LogP contribution < -0.4 is 4.90 Å². The van der Waals surface area contributed by atoms with Gasteiger partial charge in [0.05, 0.1) is 38.4 Å². The van der Waals surface area contributed by atoms with Crippen LogP contribution in [0.15, 0.2) is 76.5 Å². The molecule has 1 fully saturated rings. The van der Waals surface area contributed by atoms with Crippen LogP contribution in [-0.4, -0.2) is 58.5 Å². The topological polar surface area (TPSA) is 60.9 Å². The molecule has 6 nitrogen and oxygen atoms in total. The first-order valence-electron chi connectivity index (χ1n) is 11.7. The van der Waals surface area contributed by atoms with Gasteiger partial charge in [0.2, 0.25) is 0 Å². The number of amides is 2. The van der Waals surface area contributed by atoms with E-state index in [1.54, 1.807) is 54.6 Å². The Bertz CT molecular complexity index is 1300. The van der Waals surface area contributed by atoms with Crippen LogP contribution >= 0.6 is 0 Å². The third-order valence-electron chi connectivity index (χ3n) is 6.62. The largest absolute Gasteiger partial charge is 0.336 e. The van der Waals surface area contributed by atoms with Gasteiger partial charge in [-0.3, -0.25) is 9.59 Å². The SMILES string of the molecule is CCN1CCN(C(=O)c2ccc3c(c2)N(Cc2ccc(F)cc2)C(=O)c2ccccc2[S@@]3=O)CC1. The van der Waals surface area contributed by atoms with E-state index in [0.29, 0.717) is 39.7 Å². The fourth-order valence-electron chi connectivity index (χ4n) is 4.58. The molecule has 1 atom stereocenters. The molecule has 1 saturated heterocycles. The number of anilines is 1. The van der Waals surface area contributed by atoms with Crippen molar-refractivity contribution in [2.24, 2.45) is 0 Å². The average Bonchev–Trinajstić information content (AvgIpc) is 2.99. The summed E-state index contributed by atoms with van der Waals surface area (Å²) in [6, 6.07) is 17.9. The van der Waals surface area contributed by atoms with Gasteiger partial charge in [-0.1, -0.05) is 31.2 Å². The highest BCUT2D eigenvalue weighted by molar-refractivity contribution is 7.85. The van der Waals surface area contributed by atoms with Crippen molar-refractivity contribution >= 4 is 28.3 Å². The minimum Gasteiger partial charge on any atom is -0.336 e. The van der Waals surface area contributed by atoms with Gasteiger partial charge in [-0.15, -0.1) is 0 Å². The van der Waals surface area contributed by atoms with Gasteiger partial charge in [-0.05, 0) is 54.6 Å². The summed E-state index contributed by atoms with van der Waals surface area (Å²) in [5.74, 6) is -0.776. The Kier molecular flexibility index (Phi) is 6.49. The van der Waals surface area contributed by atoms with Crippen molar-refractivity contribution in [3.05, 3.63) is 89.2 Å². The maximum absolute atomic E-state index is 13.7. The number of fused-ring (bicyclic) bond motifs is 2. The molecule has 0 spiro atoms. The molecule has 35 heavy (non-hydrogen) atoms. The number of halogens is 1. The third kappa shape index (κ3) is 4.51. The fraction of sp³-hybridized carbons (Fsp3) is 0.259. The highest BCUT2D eigenvalue weighted by Gasteiger charge is 2.32. The number of carbonyl (C=O) groups excluding carboxylic acids is 2. The van der Waals surface area contributed by atoms with Gasteiger partial charge >= 0.3 is 0 Å². The molecule has 3 aromatic rings. The van der Waals surface area contributed by atoms with Gasteiger partial charge in [0.1, 0.15) is 5.82 Å². The summed E-state index contributed by atoms with van der Waals surface area (Å²) in [4.78, 5) is 33.6. The lowest BCUT2D eigenvalue weighted by molar-refractivity contribution is 0.0643. The number of hydrogen-bond donors (Lipinski definition) is 0. The minimum atomic E-state index is -1.60. The Hall–Kier alpha value is -3.36. The van der Waals surface area contributed by atoms with Crippen LogP contribution in [-0.2, 0) is 17.3 Å². The summed E-state index contributed by atoms with van der Waals surface area (Å²) in [7, 11) is -1.60. The molecule has 2 amide bonds. The zero-order valence-corrected chi connectivity index (χ0v) is 20.3. The number of hydrogen-bond acceptors (Lipinski definition) is 4. The number of rotatable bonds is 4. The fourth-order valence-corrected chi connectivity index (χ4v) is 5.92. The number of likely N-dealkylation sites (N-methyl/N-ethyl adjacent to an activating group) is 1. The van der Waals surface area contributed by atoms with E-state index in [1.165, 1.54) is 17.0 Å². The minimum absolute atomic E-state index is 0.106. The van der Waals surface area contributed by atoms with Crippen molar-refractivity contribution in [3.8, 4) is 0 Å². The molecular weight excluding hydrogens is 465 g/mol. The normalized spacial score (nSPS) is 18.1. The molecular formula is C27H26FN3O3S. The van der Waals surface area contributed by atoms with E-state index in [1.807, 2.05) is 4.90 Å². The van der Waals surface area contributed by atoms with Gasteiger partial charge in [0.15, 0.2) is 0 Å². The molecule has 0 unspecified atom stereocenters. The van der Waals surface area contributed by atoms with Crippen LogP contribution in [0.4, 0.5) is 10.1 Å². The van der Waals surface area contributed by atoms with Crippen molar-refractivity contribution in [1.29, 1.82) is 0 Å². The van der Waals surface area contributed by atoms with Gasteiger partial charge in [0, 0.05) is 31.7 Å². The standard InChI is InChI=1S/C27H26FN3O3S/c1-2-29-13-15-30(16-14-29)26(32)20-9-12-25-23(17-20)31(18-19-7-10-21(28)11-8-19)27(33)22-5-3-4-6-24(22)35(25)34/h3-12,17H,2,13-16,18H2,1H3/t35-/m0/s1. The highest BCUT2D eigenvalue weighted by atomic mass is 32.2. The third-order valence-corrected chi connectivity index (χ3v) is 8.12. The van der Waals surface area contributed by atoms with E-state index >= 15 is 0 Å². The molecule has 0 N–H and O–H groups in total. The molecule has 0 radical (unpaired) electrons. The molecule has 2 aliphatic heterocycles. The Morgan fingerprint density at radius 1 is 0.943 bits per heavy atom. The Labute approximate surface area is 206 Å². The van der Waals surface area contributed by atoms with Gasteiger partial charge in [0.25, 0.3) is 11.8 Å². The number of nitrogens with zero attached hydrogens (tertiary/aromatic N) is 3. The van der Waals surface area contributed by atoms with Crippen molar-refractivity contribution < 1.29 is 18.2 Å². The van der Waals surface area contributed by atoms with Crippen LogP contribution in [0.1, 0.15) is 33.2 Å². The lowest BCUT2D eigenvalue weighted by Crippen LogP contribution is -2.48. The molecule has 2 aliphatic rings. The quantitative estimate of drug-likeness (QED) is 0.555. The Morgan fingerprint density at radius 3 is 2.37 bits per heavy atom. The smallest absolute Gasteiger partial charge is 0.259 e. The van der Waals surface area contributed by atoms with E-state index in [4.69, 9.17) is 0 Å². The van der Waals surface area contributed by atoms with Gasteiger partial charge < -0.3 is 14.7 Å². The van der Waals surface area contributed by atoms with Crippen LogP contribution in [0.5, 0.6) is 0 Å². The molecule has 8 heteroatoms. The monoisotopic (exact) mass is 491 g/mol. The zero-order valence-electron chi connectivity index (χ0n) is 19.4. The predicted molar refractivity (Wildman–Crippen MR) is 132 cm³/mol.